The smallest absolute Gasteiger partial charge is 0.409 e. The molecule has 2 aromatic rings. The van der Waals surface area contributed by atoms with Crippen LogP contribution < -0.4 is 10.6 Å². The van der Waals surface area contributed by atoms with Crippen LogP contribution in [0.25, 0.3) is 0 Å². The summed E-state index contributed by atoms with van der Waals surface area (Å²) in [5, 5.41) is 7.32. The van der Waals surface area contributed by atoms with E-state index in [1.807, 2.05) is 44.2 Å². The molecule has 0 atom stereocenters. The first-order valence-corrected chi connectivity index (χ1v) is 9.48. The number of anilines is 3. The summed E-state index contributed by atoms with van der Waals surface area (Å²) in [5.41, 5.74) is 0.797. The first kappa shape index (κ1) is 19.2. The van der Waals surface area contributed by atoms with E-state index in [0.29, 0.717) is 36.4 Å². The van der Waals surface area contributed by atoms with Gasteiger partial charge in [0.15, 0.2) is 0 Å². The number of hydrogen-bond acceptors (Lipinski definition) is 6. The van der Waals surface area contributed by atoms with Crippen molar-refractivity contribution in [1.29, 1.82) is 0 Å². The summed E-state index contributed by atoms with van der Waals surface area (Å²) in [7, 11) is 0. The van der Waals surface area contributed by atoms with Crippen molar-refractivity contribution in [2.75, 3.05) is 30.3 Å². The summed E-state index contributed by atoms with van der Waals surface area (Å²) in [5.74, 6) is 2.10. The van der Waals surface area contributed by atoms with E-state index < -0.39 is 0 Å². The zero-order valence-electron chi connectivity index (χ0n) is 15.5. The number of halogens is 1. The van der Waals surface area contributed by atoms with Gasteiger partial charge in [-0.15, -0.1) is 0 Å². The van der Waals surface area contributed by atoms with E-state index in [-0.39, 0.29) is 12.1 Å². The molecule has 1 aromatic carbocycles. The molecule has 27 heavy (non-hydrogen) atoms. The number of nitrogens with zero attached hydrogens (tertiary/aromatic N) is 3. The summed E-state index contributed by atoms with van der Waals surface area (Å²) < 4.78 is 5.06. The van der Waals surface area contributed by atoms with Crippen LogP contribution in [0.15, 0.2) is 30.3 Å². The molecule has 0 radical (unpaired) electrons. The molecule has 1 aliphatic rings. The number of hydrogen-bond donors (Lipinski definition) is 2. The number of rotatable bonds is 5. The van der Waals surface area contributed by atoms with Gasteiger partial charge in [-0.2, -0.15) is 0 Å². The highest BCUT2D eigenvalue weighted by molar-refractivity contribution is 6.33. The Morgan fingerprint density at radius 1 is 1.26 bits per heavy atom. The van der Waals surface area contributed by atoms with Crippen LogP contribution in [0, 0.1) is 6.92 Å². The molecule has 144 valence electrons. The van der Waals surface area contributed by atoms with Crippen LogP contribution >= 0.6 is 11.6 Å². The molecule has 1 aliphatic heterocycles. The fourth-order valence-electron chi connectivity index (χ4n) is 3.04. The van der Waals surface area contributed by atoms with E-state index in [1.165, 1.54) is 0 Å². The number of benzene rings is 1. The van der Waals surface area contributed by atoms with E-state index in [4.69, 9.17) is 16.3 Å². The van der Waals surface area contributed by atoms with Crippen LogP contribution in [0.3, 0.4) is 0 Å². The van der Waals surface area contributed by atoms with Gasteiger partial charge in [-0.1, -0.05) is 23.7 Å². The number of aromatic nitrogens is 2. The van der Waals surface area contributed by atoms with Gasteiger partial charge in [-0.3, -0.25) is 0 Å². The molecule has 1 amide bonds. The van der Waals surface area contributed by atoms with Gasteiger partial charge >= 0.3 is 6.09 Å². The Labute approximate surface area is 164 Å². The molecule has 1 saturated heterocycles. The van der Waals surface area contributed by atoms with Crippen LogP contribution in [0.2, 0.25) is 5.02 Å². The molecule has 0 aliphatic carbocycles. The molecule has 8 heteroatoms. The molecule has 0 bridgehead atoms. The molecule has 0 saturated carbocycles. The maximum absolute atomic E-state index is 11.8. The van der Waals surface area contributed by atoms with Crippen LogP contribution in [0.5, 0.6) is 0 Å². The molecule has 1 aromatic heterocycles. The van der Waals surface area contributed by atoms with E-state index >= 15 is 0 Å². The topological polar surface area (TPSA) is 79.4 Å². The minimum atomic E-state index is -0.236. The monoisotopic (exact) mass is 389 g/mol. The van der Waals surface area contributed by atoms with Crippen molar-refractivity contribution in [3.8, 4) is 0 Å². The average Bonchev–Trinajstić information content (AvgIpc) is 2.64. The predicted octanol–water partition coefficient (Wildman–Crippen LogP) is 4.21. The SMILES string of the molecule is CCOC(=O)N1CCC(Nc2cc(Nc3ccccc3Cl)nc(C)n2)CC1. The first-order valence-electron chi connectivity index (χ1n) is 9.10. The standard InChI is InChI=1S/C19H24ClN5O2/c1-3-27-19(26)25-10-8-14(9-11-25)23-17-12-18(22-13(2)21-17)24-16-7-5-4-6-15(16)20/h4-7,12,14H,3,8-11H2,1-2H3,(H2,21,22,23,24). The number of piperidine rings is 1. The number of amides is 1. The molecular weight excluding hydrogens is 366 g/mol. The quantitative estimate of drug-likeness (QED) is 0.797. The van der Waals surface area contributed by atoms with Gasteiger partial charge in [0, 0.05) is 25.2 Å². The van der Waals surface area contributed by atoms with E-state index in [1.54, 1.807) is 4.90 Å². The van der Waals surface area contributed by atoms with E-state index in [9.17, 15) is 4.79 Å². The van der Waals surface area contributed by atoms with E-state index in [2.05, 4.69) is 20.6 Å². The van der Waals surface area contributed by atoms with Crippen LogP contribution in [0.1, 0.15) is 25.6 Å². The Balaban J connectivity index is 1.62. The highest BCUT2D eigenvalue weighted by Gasteiger charge is 2.23. The lowest BCUT2D eigenvalue weighted by atomic mass is 10.1. The van der Waals surface area contributed by atoms with Gasteiger partial charge in [0.1, 0.15) is 17.5 Å². The fourth-order valence-corrected chi connectivity index (χ4v) is 3.22. The first-order chi connectivity index (χ1) is 13.0. The number of likely N-dealkylation sites (tertiary alicyclic amines) is 1. The number of para-hydroxylation sites is 1. The Kier molecular flexibility index (Phi) is 6.34. The van der Waals surface area contributed by atoms with Crippen LogP contribution in [0.4, 0.5) is 22.1 Å². The zero-order valence-corrected chi connectivity index (χ0v) is 16.3. The lowest BCUT2D eigenvalue weighted by Gasteiger charge is -2.31. The second-order valence-electron chi connectivity index (χ2n) is 6.40. The third kappa shape index (κ3) is 5.23. The molecule has 2 N–H and O–H groups in total. The molecule has 1 fully saturated rings. The fraction of sp³-hybridized carbons (Fsp3) is 0.421. The molecule has 2 heterocycles. The van der Waals surface area contributed by atoms with Crippen molar-refractivity contribution in [1.82, 2.24) is 14.9 Å². The number of carbonyl (C=O) groups excluding carboxylic acids is 1. The molecule has 3 rings (SSSR count). The van der Waals surface area contributed by atoms with E-state index in [0.717, 1.165) is 24.3 Å². The summed E-state index contributed by atoms with van der Waals surface area (Å²) in [6, 6.07) is 9.64. The third-order valence-electron chi connectivity index (χ3n) is 4.35. The second kappa shape index (κ2) is 8.90. The average molecular weight is 390 g/mol. The van der Waals surface area contributed by atoms with Gasteiger partial charge < -0.3 is 20.3 Å². The van der Waals surface area contributed by atoms with Crippen molar-refractivity contribution < 1.29 is 9.53 Å². The zero-order chi connectivity index (χ0) is 19.2. The Morgan fingerprint density at radius 3 is 2.67 bits per heavy atom. The number of carbonyl (C=O) groups is 1. The van der Waals surface area contributed by atoms with Crippen molar-refractivity contribution in [3.63, 3.8) is 0 Å². The van der Waals surface area contributed by atoms with Gasteiger partial charge in [0.2, 0.25) is 0 Å². The van der Waals surface area contributed by atoms with Gasteiger partial charge in [-0.25, -0.2) is 14.8 Å². The summed E-state index contributed by atoms with van der Waals surface area (Å²) >= 11 is 6.21. The molecule has 0 unspecified atom stereocenters. The predicted molar refractivity (Wildman–Crippen MR) is 107 cm³/mol. The summed E-state index contributed by atoms with van der Waals surface area (Å²) in [6.45, 7) is 5.42. The molecular formula is C19H24ClN5O2. The molecule has 7 nitrogen and oxygen atoms in total. The summed E-state index contributed by atoms with van der Waals surface area (Å²) in [6.07, 6.45) is 1.45. The van der Waals surface area contributed by atoms with Gasteiger partial charge in [-0.05, 0) is 38.8 Å². The minimum Gasteiger partial charge on any atom is -0.450 e. The number of nitrogens with one attached hydrogen (secondary N) is 2. The Morgan fingerprint density at radius 2 is 1.96 bits per heavy atom. The van der Waals surface area contributed by atoms with Crippen molar-refractivity contribution in [2.24, 2.45) is 0 Å². The maximum Gasteiger partial charge on any atom is 0.409 e. The number of ether oxygens (including phenoxy) is 1. The highest BCUT2D eigenvalue weighted by Crippen LogP contribution is 2.25. The van der Waals surface area contributed by atoms with Crippen LogP contribution in [-0.4, -0.2) is 46.7 Å². The lowest BCUT2D eigenvalue weighted by Crippen LogP contribution is -2.42. The second-order valence-corrected chi connectivity index (χ2v) is 6.80. The number of aryl methyl sites for hydroxylation is 1. The lowest BCUT2D eigenvalue weighted by molar-refractivity contribution is 0.0983. The van der Waals surface area contributed by atoms with Gasteiger partial charge in [0.25, 0.3) is 0 Å². The van der Waals surface area contributed by atoms with Gasteiger partial charge in [0.05, 0.1) is 17.3 Å². The Bertz CT molecular complexity index is 793. The largest absolute Gasteiger partial charge is 0.450 e. The van der Waals surface area contributed by atoms with Crippen molar-refractivity contribution in [3.05, 3.63) is 41.2 Å². The third-order valence-corrected chi connectivity index (χ3v) is 4.68. The normalized spacial score (nSPS) is 14.7. The minimum absolute atomic E-state index is 0.236. The Hall–Kier alpha value is -2.54. The highest BCUT2D eigenvalue weighted by atomic mass is 35.5. The van der Waals surface area contributed by atoms with Crippen molar-refractivity contribution >= 4 is 35.0 Å². The van der Waals surface area contributed by atoms with Crippen LogP contribution in [-0.2, 0) is 4.74 Å². The maximum atomic E-state index is 11.8. The van der Waals surface area contributed by atoms with Crippen molar-refractivity contribution in [2.45, 2.75) is 32.7 Å². The summed E-state index contributed by atoms with van der Waals surface area (Å²) in [4.78, 5) is 22.4. The molecule has 0 spiro atoms.